The zero-order chi connectivity index (χ0) is 16.3. The first kappa shape index (κ1) is 15.6. The molecule has 0 bridgehead atoms. The van der Waals surface area contributed by atoms with Crippen molar-refractivity contribution >= 4 is 27.3 Å². The van der Waals surface area contributed by atoms with Crippen LogP contribution >= 0.6 is 11.6 Å². The summed E-state index contributed by atoms with van der Waals surface area (Å²) in [5, 5.41) is 0.358. The molecule has 0 saturated heterocycles. The molecule has 3 aromatic rings. The number of hydrogen-bond donors (Lipinski definition) is 1. The summed E-state index contributed by atoms with van der Waals surface area (Å²) < 4.78 is 27.4. The highest BCUT2D eigenvalue weighted by Crippen LogP contribution is 2.25. The Bertz CT molecular complexity index is 907. The third-order valence-corrected chi connectivity index (χ3v) is 5.10. The Morgan fingerprint density at radius 2 is 1.26 bits per heavy atom. The predicted molar refractivity (Wildman–Crippen MR) is 94.1 cm³/mol. The van der Waals surface area contributed by atoms with E-state index in [2.05, 4.69) is 4.72 Å². The van der Waals surface area contributed by atoms with Gasteiger partial charge in [-0.1, -0.05) is 66.2 Å². The predicted octanol–water partition coefficient (Wildman–Crippen LogP) is 4.81. The van der Waals surface area contributed by atoms with Crippen LogP contribution in [-0.2, 0) is 10.0 Å². The van der Waals surface area contributed by atoms with Gasteiger partial charge in [0.15, 0.2) is 0 Å². The largest absolute Gasteiger partial charge is 0.278 e. The monoisotopic (exact) mass is 343 g/mol. The van der Waals surface area contributed by atoms with Crippen LogP contribution in [0.1, 0.15) is 0 Å². The van der Waals surface area contributed by atoms with Crippen LogP contribution < -0.4 is 4.72 Å². The summed E-state index contributed by atoms with van der Waals surface area (Å²) in [5.74, 6) is 0. The zero-order valence-electron chi connectivity index (χ0n) is 12.1. The van der Waals surface area contributed by atoms with Crippen LogP contribution in [0.2, 0.25) is 5.02 Å². The first-order valence-electron chi connectivity index (χ1n) is 6.99. The maximum Gasteiger partial charge on any atom is 0.261 e. The molecule has 0 fully saturated rings. The lowest BCUT2D eigenvalue weighted by Gasteiger charge is -2.10. The minimum absolute atomic E-state index is 0.192. The van der Waals surface area contributed by atoms with Gasteiger partial charge in [0, 0.05) is 0 Å². The van der Waals surface area contributed by atoms with E-state index >= 15 is 0 Å². The van der Waals surface area contributed by atoms with E-state index in [1.165, 1.54) is 0 Å². The molecule has 0 aromatic heterocycles. The second-order valence-electron chi connectivity index (χ2n) is 4.98. The van der Waals surface area contributed by atoms with E-state index in [0.29, 0.717) is 10.7 Å². The minimum Gasteiger partial charge on any atom is -0.278 e. The fourth-order valence-electron chi connectivity index (χ4n) is 2.20. The number of benzene rings is 3. The summed E-state index contributed by atoms with van der Waals surface area (Å²) in [5.41, 5.74) is 2.36. The molecule has 0 heterocycles. The van der Waals surface area contributed by atoms with E-state index in [1.807, 2.05) is 30.3 Å². The van der Waals surface area contributed by atoms with Crippen LogP contribution in [0, 0.1) is 0 Å². The Kier molecular flexibility index (Phi) is 4.37. The van der Waals surface area contributed by atoms with Crippen molar-refractivity contribution in [2.24, 2.45) is 0 Å². The average Bonchev–Trinajstić information content (AvgIpc) is 2.58. The Hall–Kier alpha value is -2.30. The summed E-state index contributed by atoms with van der Waals surface area (Å²) in [7, 11) is -3.67. The molecule has 0 unspecified atom stereocenters. The number of nitrogens with one attached hydrogen (secondary N) is 1. The van der Waals surface area contributed by atoms with Gasteiger partial charge in [0.05, 0.1) is 15.6 Å². The first-order chi connectivity index (χ1) is 11.1. The fraction of sp³-hybridized carbons (Fsp3) is 0. The van der Waals surface area contributed by atoms with Gasteiger partial charge in [0.1, 0.15) is 0 Å². The van der Waals surface area contributed by atoms with Crippen LogP contribution in [0.3, 0.4) is 0 Å². The van der Waals surface area contributed by atoms with E-state index in [9.17, 15) is 8.42 Å². The maximum absolute atomic E-state index is 12.4. The highest BCUT2D eigenvalue weighted by atomic mass is 35.5. The van der Waals surface area contributed by atoms with Crippen molar-refractivity contribution in [3.05, 3.63) is 83.9 Å². The van der Waals surface area contributed by atoms with Gasteiger partial charge in [-0.25, -0.2) is 8.42 Å². The van der Waals surface area contributed by atoms with Gasteiger partial charge in [0.25, 0.3) is 10.0 Å². The summed E-state index contributed by atoms with van der Waals surface area (Å²) in [6.45, 7) is 0. The SMILES string of the molecule is O=S(=O)(Nc1ccccc1Cl)c1ccc(-c2ccccc2)cc1. The van der Waals surface area contributed by atoms with Crippen molar-refractivity contribution < 1.29 is 8.42 Å². The van der Waals surface area contributed by atoms with E-state index in [4.69, 9.17) is 11.6 Å². The third kappa shape index (κ3) is 3.55. The van der Waals surface area contributed by atoms with Gasteiger partial charge in [-0.3, -0.25) is 4.72 Å². The fourth-order valence-corrected chi connectivity index (χ4v) is 3.52. The number of anilines is 1. The molecule has 5 heteroatoms. The van der Waals surface area contributed by atoms with E-state index < -0.39 is 10.0 Å². The van der Waals surface area contributed by atoms with Crippen molar-refractivity contribution in [3.63, 3.8) is 0 Å². The zero-order valence-corrected chi connectivity index (χ0v) is 13.7. The first-order valence-corrected chi connectivity index (χ1v) is 8.85. The number of halogens is 1. The highest BCUT2D eigenvalue weighted by molar-refractivity contribution is 7.92. The Morgan fingerprint density at radius 1 is 0.696 bits per heavy atom. The van der Waals surface area contributed by atoms with Crippen LogP contribution in [0.5, 0.6) is 0 Å². The molecule has 1 N–H and O–H groups in total. The second kappa shape index (κ2) is 6.44. The Morgan fingerprint density at radius 3 is 1.91 bits per heavy atom. The van der Waals surface area contributed by atoms with E-state index in [1.54, 1.807) is 48.5 Å². The standard InChI is InChI=1S/C18H14ClNO2S/c19-17-8-4-5-9-18(17)20-23(21,22)16-12-10-15(11-13-16)14-6-2-1-3-7-14/h1-13,20H. The molecule has 0 radical (unpaired) electrons. The second-order valence-corrected chi connectivity index (χ2v) is 7.07. The minimum atomic E-state index is -3.67. The summed E-state index contributed by atoms with van der Waals surface area (Å²) in [6, 6.07) is 23.3. The van der Waals surface area contributed by atoms with E-state index in [0.717, 1.165) is 11.1 Å². The lowest BCUT2D eigenvalue weighted by molar-refractivity contribution is 0.601. The Balaban J connectivity index is 1.88. The normalized spacial score (nSPS) is 11.2. The quantitative estimate of drug-likeness (QED) is 0.739. The van der Waals surface area contributed by atoms with Gasteiger partial charge >= 0.3 is 0 Å². The van der Waals surface area contributed by atoms with Crippen LogP contribution in [0.25, 0.3) is 11.1 Å². The molecule has 0 aliphatic rings. The summed E-state index contributed by atoms with van der Waals surface area (Å²) >= 11 is 6.00. The summed E-state index contributed by atoms with van der Waals surface area (Å²) in [4.78, 5) is 0.192. The number of rotatable bonds is 4. The molecule has 3 rings (SSSR count). The maximum atomic E-state index is 12.4. The van der Waals surface area contributed by atoms with Crippen LogP contribution in [0.15, 0.2) is 83.8 Å². The molecule has 0 aliphatic carbocycles. The van der Waals surface area contributed by atoms with Gasteiger partial charge in [-0.05, 0) is 35.4 Å². The molecule has 116 valence electrons. The molecule has 0 saturated carbocycles. The average molecular weight is 344 g/mol. The van der Waals surface area contributed by atoms with Crippen molar-refractivity contribution in [2.75, 3.05) is 4.72 Å². The van der Waals surface area contributed by atoms with Gasteiger partial charge < -0.3 is 0 Å². The van der Waals surface area contributed by atoms with Gasteiger partial charge in [-0.15, -0.1) is 0 Å². The van der Waals surface area contributed by atoms with Crippen molar-refractivity contribution in [3.8, 4) is 11.1 Å². The third-order valence-electron chi connectivity index (χ3n) is 3.39. The van der Waals surface area contributed by atoms with Crippen molar-refractivity contribution in [2.45, 2.75) is 4.90 Å². The molecule has 0 spiro atoms. The lowest BCUT2D eigenvalue weighted by Crippen LogP contribution is -2.13. The number of para-hydroxylation sites is 1. The van der Waals surface area contributed by atoms with E-state index in [-0.39, 0.29) is 4.90 Å². The molecule has 3 aromatic carbocycles. The molecule has 23 heavy (non-hydrogen) atoms. The smallest absolute Gasteiger partial charge is 0.261 e. The van der Waals surface area contributed by atoms with Gasteiger partial charge in [0.2, 0.25) is 0 Å². The van der Waals surface area contributed by atoms with Gasteiger partial charge in [-0.2, -0.15) is 0 Å². The highest BCUT2D eigenvalue weighted by Gasteiger charge is 2.15. The number of hydrogen-bond acceptors (Lipinski definition) is 2. The molecule has 0 aliphatic heterocycles. The molecular formula is C18H14ClNO2S. The Labute approximate surface area is 140 Å². The van der Waals surface area contributed by atoms with Crippen molar-refractivity contribution in [1.29, 1.82) is 0 Å². The van der Waals surface area contributed by atoms with Crippen molar-refractivity contribution in [1.82, 2.24) is 0 Å². The topological polar surface area (TPSA) is 46.2 Å². The lowest BCUT2D eigenvalue weighted by atomic mass is 10.1. The summed E-state index contributed by atoms with van der Waals surface area (Å²) in [6.07, 6.45) is 0. The number of sulfonamides is 1. The molecule has 3 nitrogen and oxygen atoms in total. The molecule has 0 atom stereocenters. The molecule has 0 amide bonds. The van der Waals surface area contributed by atoms with Crippen LogP contribution in [-0.4, -0.2) is 8.42 Å². The molecular weight excluding hydrogens is 330 g/mol. The van der Waals surface area contributed by atoms with Crippen LogP contribution in [0.4, 0.5) is 5.69 Å².